The topological polar surface area (TPSA) is 184 Å². The molecule has 15 heteroatoms. The first-order valence-electron chi connectivity index (χ1n) is 29.7. The number of hydrogen-bond donors (Lipinski definition) is 2. The number of hydrogen-bond acceptors (Lipinski definition) is 14. The molecule has 0 fully saturated rings. The second-order valence-electron chi connectivity index (χ2n) is 21.4. The molecule has 0 bridgehead atoms. The Morgan fingerprint density at radius 1 is 0.385 bits per heavy atom. The number of carboxylic acid groups (broad SMARTS) is 1. The van der Waals surface area contributed by atoms with E-state index in [2.05, 4.69) is 0 Å². The molecule has 10 aromatic rings. The number of fused-ring (bicyclic) bond motifs is 3. The number of esters is 2. The average molecular weight is 1220 g/mol. The number of rotatable bonds is 27. The summed E-state index contributed by atoms with van der Waals surface area (Å²) in [6, 6.07) is 76.9. The Labute approximate surface area is 527 Å². The van der Waals surface area contributed by atoms with Gasteiger partial charge in [-0.3, -0.25) is 0 Å². The zero-order chi connectivity index (χ0) is 62.6. The van der Waals surface area contributed by atoms with Crippen LogP contribution in [0.25, 0.3) is 11.1 Å². The first-order valence-corrected chi connectivity index (χ1v) is 29.7. The molecule has 0 saturated heterocycles. The summed E-state index contributed by atoms with van der Waals surface area (Å²) in [6.07, 6.45) is -7.63. The van der Waals surface area contributed by atoms with Crippen molar-refractivity contribution in [2.45, 2.75) is 77.3 Å². The number of carbonyl (C=O) groups excluding carboxylic acids is 2. The monoisotopic (exact) mass is 1220 g/mol. The number of aliphatic hydroxyl groups is 1. The van der Waals surface area contributed by atoms with Crippen molar-refractivity contribution in [2.75, 3.05) is 6.61 Å². The molecule has 1 aliphatic rings. The second kappa shape index (κ2) is 31.0. The van der Waals surface area contributed by atoms with E-state index in [4.69, 9.17) is 47.4 Å². The van der Waals surface area contributed by atoms with Gasteiger partial charge in [-0.15, -0.1) is 0 Å². The molecule has 10 aromatic carbocycles. The van der Waals surface area contributed by atoms with Crippen molar-refractivity contribution in [3.8, 4) is 45.6 Å². The van der Waals surface area contributed by atoms with Crippen molar-refractivity contribution >= 4 is 17.9 Å². The summed E-state index contributed by atoms with van der Waals surface area (Å²) >= 11 is 0. The van der Waals surface area contributed by atoms with Gasteiger partial charge in [0.25, 0.3) is 0 Å². The van der Waals surface area contributed by atoms with Crippen molar-refractivity contribution in [3.63, 3.8) is 0 Å². The largest absolute Gasteiger partial charge is 0.485 e. The molecule has 2 N–H and O–H groups in total. The van der Waals surface area contributed by atoms with E-state index >= 15 is 9.59 Å². The van der Waals surface area contributed by atoms with Gasteiger partial charge in [0.05, 0.1) is 24.3 Å². The van der Waals surface area contributed by atoms with Gasteiger partial charge in [0.2, 0.25) is 11.5 Å². The van der Waals surface area contributed by atoms with Crippen LogP contribution >= 0.6 is 0 Å². The van der Waals surface area contributed by atoms with Gasteiger partial charge in [-0.1, -0.05) is 243 Å². The molecular weight excluding hydrogens is 1150 g/mol. The number of cyclic esters (lactones) is 2. The third-order valence-electron chi connectivity index (χ3n) is 14.9. The Balaban J connectivity index is 1.19. The average Bonchev–Trinajstić information content (AvgIpc) is 1.82. The van der Waals surface area contributed by atoms with Crippen LogP contribution in [0, 0.1) is 0 Å². The highest BCUT2D eigenvalue weighted by Gasteiger charge is 2.45. The molecule has 11 rings (SSSR count). The Kier molecular flexibility index (Phi) is 21.1. The second-order valence-corrected chi connectivity index (χ2v) is 21.4. The van der Waals surface area contributed by atoms with Gasteiger partial charge in [0.15, 0.2) is 35.2 Å². The van der Waals surface area contributed by atoms with Crippen LogP contribution in [0.15, 0.2) is 255 Å². The molecule has 0 aliphatic carbocycles. The SMILES string of the molecule is O=C1OCC(O)[C@H](C(OCc2ccccc2)C(OCc2ccccc2)C(=O)O)OC(=O)c2cc(OCc3ccccc3)c(OCc3ccccc3)c(OCc3ccccc3)c2-c2c1cc(OCc1ccccc1)c(OCc1ccccc1)c2OCc1ccccc1. The Bertz CT molecular complexity index is 3960. The van der Waals surface area contributed by atoms with Gasteiger partial charge in [-0.25, -0.2) is 14.4 Å². The summed E-state index contributed by atoms with van der Waals surface area (Å²) in [4.78, 5) is 46.1. The third kappa shape index (κ3) is 16.3. The number of ether oxygens (including phenoxy) is 10. The molecule has 460 valence electrons. The minimum absolute atomic E-state index is 0.00234. The molecule has 0 saturated carbocycles. The molecule has 0 aromatic heterocycles. The molecule has 0 amide bonds. The first-order chi connectivity index (χ1) is 44.7. The van der Waals surface area contributed by atoms with Gasteiger partial charge in [-0.05, 0) is 56.6 Å². The maximum Gasteiger partial charge on any atom is 0.339 e. The summed E-state index contributed by atoms with van der Waals surface area (Å²) < 4.78 is 67.3. The third-order valence-corrected chi connectivity index (χ3v) is 14.9. The lowest BCUT2D eigenvalue weighted by molar-refractivity contribution is -0.187. The highest BCUT2D eigenvalue weighted by molar-refractivity contribution is 6.09. The van der Waals surface area contributed by atoms with Gasteiger partial charge in [0, 0.05) is 11.1 Å². The normalized spacial score (nSPS) is 14.4. The van der Waals surface area contributed by atoms with Crippen LogP contribution < -0.4 is 28.4 Å². The Morgan fingerprint density at radius 2 is 0.670 bits per heavy atom. The van der Waals surface area contributed by atoms with E-state index < -0.39 is 48.9 Å². The highest BCUT2D eigenvalue weighted by atomic mass is 16.6. The summed E-state index contributed by atoms with van der Waals surface area (Å²) in [5.41, 5.74) is 4.95. The summed E-state index contributed by atoms with van der Waals surface area (Å²) in [5, 5.41) is 23.9. The fourth-order valence-electron chi connectivity index (χ4n) is 10.3. The fraction of sp³-hybridized carbons (Fsp3) is 0.171. The van der Waals surface area contributed by atoms with Gasteiger partial charge in [0.1, 0.15) is 58.5 Å². The smallest absolute Gasteiger partial charge is 0.339 e. The van der Waals surface area contributed by atoms with Crippen LogP contribution in [0.4, 0.5) is 0 Å². The van der Waals surface area contributed by atoms with Crippen LogP contribution in [0.2, 0.25) is 0 Å². The van der Waals surface area contributed by atoms with Crippen molar-refractivity contribution in [2.24, 2.45) is 0 Å². The van der Waals surface area contributed by atoms with E-state index in [0.29, 0.717) is 22.3 Å². The number of benzene rings is 10. The molecule has 15 nitrogen and oxygen atoms in total. The van der Waals surface area contributed by atoms with Crippen molar-refractivity contribution < 1.29 is 72.0 Å². The van der Waals surface area contributed by atoms with Crippen LogP contribution in [-0.2, 0) is 76.6 Å². The maximum atomic E-state index is 16.4. The Morgan fingerprint density at radius 3 is 1.00 bits per heavy atom. The molecule has 1 heterocycles. The lowest BCUT2D eigenvalue weighted by atomic mass is 9.91. The molecular formula is C76H66O15. The van der Waals surface area contributed by atoms with Gasteiger partial charge < -0.3 is 57.6 Å². The number of aliphatic hydroxyl groups excluding tert-OH is 1. The summed E-state index contributed by atoms with van der Waals surface area (Å²) in [7, 11) is 0. The molecule has 3 unspecified atom stereocenters. The fourth-order valence-corrected chi connectivity index (χ4v) is 10.3. The molecule has 0 radical (unpaired) electrons. The van der Waals surface area contributed by atoms with Gasteiger partial charge in [-0.2, -0.15) is 0 Å². The molecule has 0 spiro atoms. The predicted octanol–water partition coefficient (Wildman–Crippen LogP) is 14.1. The van der Waals surface area contributed by atoms with Crippen molar-refractivity contribution in [3.05, 3.63) is 310 Å². The van der Waals surface area contributed by atoms with Crippen LogP contribution in [0.3, 0.4) is 0 Å². The van der Waals surface area contributed by atoms with E-state index in [9.17, 15) is 15.0 Å². The van der Waals surface area contributed by atoms with E-state index in [0.717, 1.165) is 22.3 Å². The van der Waals surface area contributed by atoms with Crippen LogP contribution in [-0.4, -0.2) is 59.1 Å². The van der Waals surface area contributed by atoms with E-state index in [-0.39, 0.29) is 110 Å². The van der Waals surface area contributed by atoms with E-state index in [1.54, 1.807) is 48.5 Å². The van der Waals surface area contributed by atoms with Crippen molar-refractivity contribution in [1.82, 2.24) is 0 Å². The lowest BCUT2D eigenvalue weighted by Gasteiger charge is -2.34. The van der Waals surface area contributed by atoms with E-state index in [1.165, 1.54) is 12.1 Å². The molecule has 1 aliphatic heterocycles. The minimum atomic E-state index is -1.98. The number of aliphatic carboxylic acids is 1. The van der Waals surface area contributed by atoms with E-state index in [1.807, 2.05) is 194 Å². The summed E-state index contributed by atoms with van der Waals surface area (Å²) in [5.74, 6) is -3.86. The van der Waals surface area contributed by atoms with Gasteiger partial charge >= 0.3 is 17.9 Å². The molecule has 91 heavy (non-hydrogen) atoms. The minimum Gasteiger partial charge on any atom is -0.485 e. The Hall–Kier alpha value is -10.7. The highest BCUT2D eigenvalue weighted by Crippen LogP contribution is 2.56. The first kappa shape index (κ1) is 61.9. The number of carboxylic acids is 1. The predicted molar refractivity (Wildman–Crippen MR) is 340 cm³/mol. The zero-order valence-corrected chi connectivity index (χ0v) is 49.6. The lowest BCUT2D eigenvalue weighted by Crippen LogP contribution is -2.53. The van der Waals surface area contributed by atoms with Crippen LogP contribution in [0.1, 0.15) is 65.2 Å². The van der Waals surface area contributed by atoms with Crippen molar-refractivity contribution in [1.29, 1.82) is 0 Å². The number of carbonyl (C=O) groups is 3. The zero-order valence-electron chi connectivity index (χ0n) is 49.6. The molecule has 4 atom stereocenters. The summed E-state index contributed by atoms with van der Waals surface area (Å²) in [6.45, 7) is -1.73. The van der Waals surface area contributed by atoms with Crippen LogP contribution in [0.5, 0.6) is 34.5 Å². The maximum absolute atomic E-state index is 16.4. The standard InChI is InChI=1S/C76H66O15/c77-62-51-90-75(80)60-41-63(82-43-52-25-9-1-10-26-52)68(84-45-54-29-13-3-14-30-54)70(86-47-56-33-17-5-18-34-56)65(60)66-61(76(81)91-67(62)72(88-49-58-37-21-7-22-38-58)73(74(78)79)89-50-59-39-23-8-24-40-59)42-64(83-44-53-27-11-2-12-28-53)69(85-46-55-31-15-4-16-32-55)71(66)87-48-57-35-19-6-20-36-57/h1-42,62,67,72-73,77H,43-51H2,(H,78,79)/t62?,67-,72?,73?/m1/s1. The quantitative estimate of drug-likeness (QED) is 0.0463.